The van der Waals surface area contributed by atoms with E-state index >= 15 is 0 Å². The van der Waals surface area contributed by atoms with Gasteiger partial charge in [-0.3, -0.25) is 0 Å². The van der Waals surface area contributed by atoms with E-state index in [1.165, 1.54) is 26.7 Å². The summed E-state index contributed by atoms with van der Waals surface area (Å²) >= 11 is 3.68. The lowest BCUT2D eigenvalue weighted by Crippen LogP contribution is -2.22. The standard InChI is InChI=1S/C16H23BrN2O/c1-11-12(2)16(20-5)14(13(3)15(11)17)7-10-19(4)9-6-8-18/h6-7,9-10H2,1-5H3. The fraction of sp³-hybridized carbons (Fsp3) is 0.562. The first-order valence-electron chi connectivity index (χ1n) is 6.81. The Bertz CT molecular complexity index is 520. The van der Waals surface area contributed by atoms with Gasteiger partial charge in [0.1, 0.15) is 5.75 Å². The molecule has 0 aliphatic carbocycles. The molecule has 1 rings (SSSR count). The van der Waals surface area contributed by atoms with Crippen LogP contribution in [0.4, 0.5) is 0 Å². The van der Waals surface area contributed by atoms with Gasteiger partial charge in [-0.15, -0.1) is 0 Å². The number of hydrogen-bond acceptors (Lipinski definition) is 3. The summed E-state index contributed by atoms with van der Waals surface area (Å²) < 4.78 is 6.79. The van der Waals surface area contributed by atoms with E-state index in [2.05, 4.69) is 54.7 Å². The molecule has 0 amide bonds. The predicted octanol–water partition coefficient (Wildman–Crippen LogP) is 3.77. The number of likely N-dealkylation sites (N-methyl/N-ethyl adjacent to an activating group) is 1. The molecular weight excluding hydrogens is 316 g/mol. The van der Waals surface area contributed by atoms with Crippen molar-refractivity contribution in [2.75, 3.05) is 27.2 Å². The predicted molar refractivity (Wildman–Crippen MR) is 86.3 cm³/mol. The second kappa shape index (κ2) is 7.66. The Morgan fingerprint density at radius 3 is 2.35 bits per heavy atom. The number of hydrogen-bond donors (Lipinski definition) is 0. The molecule has 20 heavy (non-hydrogen) atoms. The van der Waals surface area contributed by atoms with Gasteiger partial charge in [0.05, 0.1) is 13.2 Å². The van der Waals surface area contributed by atoms with Crippen LogP contribution < -0.4 is 4.74 Å². The van der Waals surface area contributed by atoms with Crippen LogP contribution in [0.5, 0.6) is 5.75 Å². The maximum Gasteiger partial charge on any atom is 0.125 e. The van der Waals surface area contributed by atoms with Crippen molar-refractivity contribution in [3.8, 4) is 11.8 Å². The number of ether oxygens (including phenoxy) is 1. The summed E-state index contributed by atoms with van der Waals surface area (Å²) in [7, 11) is 3.78. The first-order chi connectivity index (χ1) is 9.43. The third-order valence-electron chi connectivity index (χ3n) is 3.84. The fourth-order valence-corrected chi connectivity index (χ4v) is 2.91. The Morgan fingerprint density at radius 1 is 1.15 bits per heavy atom. The van der Waals surface area contributed by atoms with E-state index in [4.69, 9.17) is 10.00 Å². The lowest BCUT2D eigenvalue weighted by molar-refractivity contribution is 0.342. The van der Waals surface area contributed by atoms with Crippen molar-refractivity contribution in [1.82, 2.24) is 4.90 Å². The number of halogens is 1. The van der Waals surface area contributed by atoms with Gasteiger partial charge in [0.2, 0.25) is 0 Å². The summed E-state index contributed by atoms with van der Waals surface area (Å²) in [6.07, 6.45) is 1.50. The monoisotopic (exact) mass is 338 g/mol. The van der Waals surface area contributed by atoms with Gasteiger partial charge in [0.25, 0.3) is 0 Å². The summed E-state index contributed by atoms with van der Waals surface area (Å²) in [6.45, 7) is 8.07. The van der Waals surface area contributed by atoms with Crippen molar-refractivity contribution in [1.29, 1.82) is 5.26 Å². The Kier molecular flexibility index (Phi) is 6.51. The third kappa shape index (κ3) is 3.74. The van der Waals surface area contributed by atoms with Gasteiger partial charge in [-0.2, -0.15) is 5.26 Å². The fourth-order valence-electron chi connectivity index (χ4n) is 2.38. The highest BCUT2D eigenvalue weighted by molar-refractivity contribution is 9.10. The Hall–Kier alpha value is -1.05. The zero-order valence-electron chi connectivity index (χ0n) is 13.0. The van der Waals surface area contributed by atoms with Gasteiger partial charge >= 0.3 is 0 Å². The van der Waals surface area contributed by atoms with Crippen LogP contribution in [0.25, 0.3) is 0 Å². The minimum Gasteiger partial charge on any atom is -0.496 e. The molecule has 1 aromatic rings. The van der Waals surface area contributed by atoms with E-state index in [-0.39, 0.29) is 0 Å². The van der Waals surface area contributed by atoms with Crippen molar-refractivity contribution in [2.24, 2.45) is 0 Å². The molecule has 0 fully saturated rings. The highest BCUT2D eigenvalue weighted by atomic mass is 79.9. The molecule has 0 heterocycles. The van der Waals surface area contributed by atoms with Gasteiger partial charge in [0.15, 0.2) is 0 Å². The van der Waals surface area contributed by atoms with E-state index in [1.807, 2.05) is 0 Å². The van der Waals surface area contributed by atoms with Crippen molar-refractivity contribution >= 4 is 15.9 Å². The van der Waals surface area contributed by atoms with Crippen LogP contribution >= 0.6 is 15.9 Å². The Balaban J connectivity index is 2.98. The lowest BCUT2D eigenvalue weighted by Gasteiger charge is -2.21. The highest BCUT2D eigenvalue weighted by Gasteiger charge is 2.16. The molecule has 4 heteroatoms. The Morgan fingerprint density at radius 2 is 1.80 bits per heavy atom. The summed E-state index contributed by atoms with van der Waals surface area (Å²) in [4.78, 5) is 2.19. The summed E-state index contributed by atoms with van der Waals surface area (Å²) in [5.41, 5.74) is 4.94. The van der Waals surface area contributed by atoms with Crippen LogP contribution in [-0.2, 0) is 6.42 Å². The van der Waals surface area contributed by atoms with Crippen LogP contribution in [0.15, 0.2) is 4.47 Å². The molecule has 0 radical (unpaired) electrons. The largest absolute Gasteiger partial charge is 0.496 e. The van der Waals surface area contributed by atoms with Gasteiger partial charge in [0, 0.05) is 24.0 Å². The van der Waals surface area contributed by atoms with Crippen LogP contribution in [0, 0.1) is 32.1 Å². The first kappa shape index (κ1) is 17.0. The second-order valence-electron chi connectivity index (χ2n) is 5.16. The maximum atomic E-state index is 8.63. The molecule has 0 aromatic heterocycles. The van der Waals surface area contributed by atoms with Crippen molar-refractivity contribution in [2.45, 2.75) is 33.6 Å². The van der Waals surface area contributed by atoms with E-state index in [0.29, 0.717) is 6.42 Å². The quantitative estimate of drug-likeness (QED) is 0.792. The minimum absolute atomic E-state index is 0.573. The molecule has 0 spiro atoms. The number of methoxy groups -OCH3 is 1. The van der Waals surface area contributed by atoms with E-state index in [0.717, 1.165) is 25.3 Å². The van der Waals surface area contributed by atoms with Gasteiger partial charge in [-0.1, -0.05) is 15.9 Å². The number of nitriles is 1. The molecule has 1 aromatic carbocycles. The molecule has 0 aliphatic rings. The van der Waals surface area contributed by atoms with Gasteiger partial charge in [-0.25, -0.2) is 0 Å². The van der Waals surface area contributed by atoms with E-state index in [1.54, 1.807) is 7.11 Å². The summed E-state index contributed by atoms with van der Waals surface area (Å²) in [5.74, 6) is 0.997. The molecule has 3 nitrogen and oxygen atoms in total. The number of rotatable bonds is 6. The zero-order valence-corrected chi connectivity index (χ0v) is 14.6. The molecule has 0 atom stereocenters. The van der Waals surface area contributed by atoms with Gasteiger partial charge in [-0.05, 0) is 56.5 Å². The van der Waals surface area contributed by atoms with Gasteiger partial charge < -0.3 is 9.64 Å². The molecule has 0 aliphatic heterocycles. The van der Waals surface area contributed by atoms with E-state index in [9.17, 15) is 0 Å². The van der Waals surface area contributed by atoms with Crippen LogP contribution in [0.3, 0.4) is 0 Å². The van der Waals surface area contributed by atoms with Crippen LogP contribution in [-0.4, -0.2) is 32.1 Å². The first-order valence-corrected chi connectivity index (χ1v) is 7.60. The topological polar surface area (TPSA) is 36.3 Å². The van der Waals surface area contributed by atoms with Crippen molar-refractivity contribution in [3.05, 3.63) is 26.7 Å². The van der Waals surface area contributed by atoms with E-state index < -0.39 is 0 Å². The second-order valence-corrected chi connectivity index (χ2v) is 5.96. The molecule has 0 bridgehead atoms. The Labute approximate surface area is 130 Å². The number of nitrogens with zero attached hydrogens (tertiary/aromatic N) is 2. The average Bonchev–Trinajstić information content (AvgIpc) is 2.45. The maximum absolute atomic E-state index is 8.63. The number of benzene rings is 1. The van der Waals surface area contributed by atoms with Crippen molar-refractivity contribution in [3.63, 3.8) is 0 Å². The highest BCUT2D eigenvalue weighted by Crippen LogP contribution is 2.36. The van der Waals surface area contributed by atoms with Crippen LogP contribution in [0.1, 0.15) is 28.7 Å². The summed E-state index contributed by atoms with van der Waals surface area (Å²) in [6, 6.07) is 2.18. The third-order valence-corrected chi connectivity index (χ3v) is 5.03. The van der Waals surface area contributed by atoms with Crippen molar-refractivity contribution < 1.29 is 4.74 Å². The smallest absolute Gasteiger partial charge is 0.125 e. The molecule has 0 saturated carbocycles. The SMILES string of the molecule is COc1c(C)c(C)c(Br)c(C)c1CCN(C)CCC#N. The normalized spacial score (nSPS) is 10.7. The minimum atomic E-state index is 0.573. The van der Waals surface area contributed by atoms with Crippen LogP contribution in [0.2, 0.25) is 0 Å². The zero-order chi connectivity index (χ0) is 15.3. The average molecular weight is 339 g/mol. The lowest BCUT2D eigenvalue weighted by atomic mass is 9.96. The molecule has 110 valence electrons. The molecule has 0 unspecified atom stereocenters. The molecular formula is C16H23BrN2O. The summed E-state index contributed by atoms with van der Waals surface area (Å²) in [5, 5.41) is 8.63. The molecule has 0 N–H and O–H groups in total. The molecule has 0 saturated heterocycles.